The molecule has 0 unspecified atom stereocenters. The molecule has 1 amide bonds. The third-order valence-electron chi connectivity index (χ3n) is 4.49. The topological polar surface area (TPSA) is 29.1 Å². The van der Waals surface area contributed by atoms with Crippen LogP contribution in [0.1, 0.15) is 38.1 Å². The summed E-state index contributed by atoms with van der Waals surface area (Å²) in [5.41, 5.74) is 0.770. The van der Waals surface area contributed by atoms with Crippen LogP contribution in [0.4, 0.5) is 0 Å². The van der Waals surface area contributed by atoms with E-state index in [9.17, 15) is 4.79 Å². The zero-order chi connectivity index (χ0) is 13.7. The molecule has 18 heavy (non-hydrogen) atoms. The van der Waals surface area contributed by atoms with E-state index in [1.165, 1.54) is 0 Å². The van der Waals surface area contributed by atoms with Crippen molar-refractivity contribution in [3.63, 3.8) is 0 Å². The van der Waals surface area contributed by atoms with Crippen LogP contribution in [0.2, 0.25) is 5.02 Å². The molecule has 2 nitrogen and oxygen atoms in total. The summed E-state index contributed by atoms with van der Waals surface area (Å²) in [6.07, 6.45) is 0. The summed E-state index contributed by atoms with van der Waals surface area (Å²) in [5.74, 6) is -0.107. The van der Waals surface area contributed by atoms with Gasteiger partial charge in [-0.3, -0.25) is 4.79 Å². The van der Waals surface area contributed by atoms with Gasteiger partial charge in [0.15, 0.2) is 0 Å². The zero-order valence-electron chi connectivity index (χ0n) is 11.0. The maximum atomic E-state index is 12.2. The Hall–Kier alpha value is -0.540. The molecule has 98 valence electrons. The van der Waals surface area contributed by atoms with E-state index in [2.05, 4.69) is 48.9 Å². The lowest BCUT2D eigenvalue weighted by Crippen LogP contribution is -2.30. The number of carbonyl (C=O) groups is 1. The highest BCUT2D eigenvalue weighted by Crippen LogP contribution is 2.62. The van der Waals surface area contributed by atoms with Crippen LogP contribution in [0, 0.1) is 10.8 Å². The molecule has 1 aromatic rings. The number of carbonyl (C=O) groups excluding carboxylic acids is 1. The first kappa shape index (κ1) is 13.9. The lowest BCUT2D eigenvalue weighted by molar-refractivity contribution is 0.0943. The van der Waals surface area contributed by atoms with Gasteiger partial charge >= 0.3 is 0 Å². The molecule has 1 aliphatic carbocycles. The van der Waals surface area contributed by atoms with Crippen LogP contribution in [0.5, 0.6) is 0 Å². The average molecular weight is 331 g/mol. The highest BCUT2D eigenvalue weighted by atomic mass is 79.9. The molecule has 4 heteroatoms. The fourth-order valence-electron chi connectivity index (χ4n) is 2.45. The lowest BCUT2D eigenvalue weighted by atomic mass is 10.0. The second-order valence-electron chi connectivity index (χ2n) is 5.95. The van der Waals surface area contributed by atoms with Gasteiger partial charge in [0, 0.05) is 10.5 Å². The van der Waals surface area contributed by atoms with Crippen molar-refractivity contribution in [2.75, 3.05) is 0 Å². The normalized spacial score (nSPS) is 20.6. The van der Waals surface area contributed by atoms with E-state index in [4.69, 9.17) is 11.6 Å². The fourth-order valence-corrected chi connectivity index (χ4v) is 3.02. The van der Waals surface area contributed by atoms with Crippen molar-refractivity contribution >= 4 is 33.4 Å². The molecule has 2 rings (SSSR count). The molecular weight excluding hydrogens is 314 g/mol. The maximum Gasteiger partial charge on any atom is 0.253 e. The van der Waals surface area contributed by atoms with Crippen molar-refractivity contribution in [3.05, 3.63) is 33.3 Å². The molecule has 1 aromatic carbocycles. The van der Waals surface area contributed by atoms with E-state index in [1.807, 2.05) is 12.1 Å². The molecule has 0 aromatic heterocycles. The van der Waals surface area contributed by atoms with Crippen molar-refractivity contribution < 1.29 is 4.79 Å². The van der Waals surface area contributed by atoms with Crippen LogP contribution < -0.4 is 5.32 Å². The Kier molecular flexibility index (Phi) is 3.27. The summed E-state index contributed by atoms with van der Waals surface area (Å²) in [7, 11) is 0. The van der Waals surface area contributed by atoms with E-state index < -0.39 is 0 Å². The van der Waals surface area contributed by atoms with Gasteiger partial charge in [-0.25, -0.2) is 0 Å². The minimum absolute atomic E-state index is 0.107. The van der Waals surface area contributed by atoms with E-state index in [0.29, 0.717) is 10.6 Å². The molecule has 1 saturated carbocycles. The van der Waals surface area contributed by atoms with Gasteiger partial charge < -0.3 is 5.32 Å². The third-order valence-corrected chi connectivity index (χ3v) is 5.79. The molecule has 0 atom stereocenters. The second-order valence-corrected chi connectivity index (χ2v) is 7.18. The van der Waals surface area contributed by atoms with Crippen LogP contribution in [0.15, 0.2) is 22.7 Å². The lowest BCUT2D eigenvalue weighted by Gasteiger charge is -2.09. The van der Waals surface area contributed by atoms with Crippen LogP contribution >= 0.6 is 27.5 Å². The summed E-state index contributed by atoms with van der Waals surface area (Å²) in [4.78, 5) is 12.2. The fraction of sp³-hybridized carbons (Fsp3) is 0.500. The van der Waals surface area contributed by atoms with E-state index >= 15 is 0 Å². The predicted octanol–water partition coefficient (Wildman–Crippen LogP) is 4.27. The van der Waals surface area contributed by atoms with Gasteiger partial charge in [-0.05, 0) is 38.9 Å². The predicted molar refractivity (Wildman–Crippen MR) is 78.0 cm³/mol. The highest BCUT2D eigenvalue weighted by molar-refractivity contribution is 9.10. The number of hydrogen-bond donors (Lipinski definition) is 1. The number of rotatable bonds is 2. The first-order valence-electron chi connectivity index (χ1n) is 5.94. The summed E-state index contributed by atoms with van der Waals surface area (Å²) in [5, 5.41) is 3.54. The third kappa shape index (κ3) is 1.97. The largest absolute Gasteiger partial charge is 0.348 e. The second kappa shape index (κ2) is 4.24. The molecule has 1 fully saturated rings. The van der Waals surface area contributed by atoms with Gasteiger partial charge in [-0.15, -0.1) is 0 Å². The Morgan fingerprint density at radius 2 is 1.83 bits per heavy atom. The molecule has 0 bridgehead atoms. The average Bonchev–Trinajstić information content (AvgIpc) is 2.65. The van der Waals surface area contributed by atoms with E-state index in [0.717, 1.165) is 4.47 Å². The van der Waals surface area contributed by atoms with E-state index in [-0.39, 0.29) is 22.8 Å². The number of hydrogen-bond acceptors (Lipinski definition) is 1. The summed E-state index contributed by atoms with van der Waals surface area (Å²) in [6.45, 7) is 8.67. The Balaban J connectivity index is 2.18. The molecule has 1 aliphatic rings. The molecule has 0 aliphatic heterocycles. The molecule has 0 saturated heterocycles. The van der Waals surface area contributed by atoms with Gasteiger partial charge in [0.25, 0.3) is 5.91 Å². The van der Waals surface area contributed by atoms with Crippen molar-refractivity contribution in [3.8, 4) is 0 Å². The number of nitrogens with one attached hydrogen (secondary N) is 1. The quantitative estimate of drug-likeness (QED) is 0.862. The number of halogens is 2. The maximum absolute atomic E-state index is 12.2. The van der Waals surface area contributed by atoms with E-state index in [1.54, 1.807) is 6.07 Å². The van der Waals surface area contributed by atoms with Crippen molar-refractivity contribution in [1.82, 2.24) is 5.32 Å². The SMILES string of the molecule is CC1(C)C(NC(=O)c2cccc(Br)c2Cl)C1(C)C. The van der Waals surface area contributed by atoms with Crippen LogP contribution in [0.25, 0.3) is 0 Å². The molecule has 0 spiro atoms. The van der Waals surface area contributed by atoms with Gasteiger partial charge in [0.1, 0.15) is 0 Å². The monoisotopic (exact) mass is 329 g/mol. The van der Waals surface area contributed by atoms with Gasteiger partial charge in [0.2, 0.25) is 0 Å². The minimum Gasteiger partial charge on any atom is -0.348 e. The summed E-state index contributed by atoms with van der Waals surface area (Å²) >= 11 is 9.46. The van der Waals surface area contributed by atoms with Crippen molar-refractivity contribution in [1.29, 1.82) is 0 Å². The van der Waals surface area contributed by atoms with Crippen LogP contribution in [-0.4, -0.2) is 11.9 Å². The molecule has 0 heterocycles. The Morgan fingerprint density at radius 1 is 1.28 bits per heavy atom. The van der Waals surface area contributed by atoms with Gasteiger partial charge in [-0.1, -0.05) is 45.4 Å². The first-order valence-corrected chi connectivity index (χ1v) is 7.11. The zero-order valence-corrected chi connectivity index (χ0v) is 13.3. The van der Waals surface area contributed by atoms with Crippen LogP contribution in [-0.2, 0) is 0 Å². The Labute approximate surface area is 121 Å². The van der Waals surface area contributed by atoms with Gasteiger partial charge in [-0.2, -0.15) is 0 Å². The standard InChI is InChI=1S/C14H17BrClNO/c1-13(2)12(14(13,3)4)17-11(18)8-6-5-7-9(15)10(8)16/h5-7,12H,1-4H3,(H,17,18). The van der Waals surface area contributed by atoms with Crippen molar-refractivity contribution in [2.45, 2.75) is 33.7 Å². The highest BCUT2D eigenvalue weighted by Gasteiger charge is 2.65. The Bertz CT molecular complexity index is 497. The molecule has 1 N–H and O–H groups in total. The van der Waals surface area contributed by atoms with Crippen molar-refractivity contribution in [2.24, 2.45) is 10.8 Å². The molecular formula is C14H17BrClNO. The summed E-state index contributed by atoms with van der Waals surface area (Å²) < 4.78 is 0.742. The number of benzene rings is 1. The minimum atomic E-state index is -0.107. The first-order chi connectivity index (χ1) is 8.19. The Morgan fingerprint density at radius 3 is 2.33 bits per heavy atom. The smallest absolute Gasteiger partial charge is 0.253 e. The van der Waals surface area contributed by atoms with Crippen LogP contribution in [0.3, 0.4) is 0 Å². The molecule has 0 radical (unpaired) electrons. The van der Waals surface area contributed by atoms with Gasteiger partial charge in [0.05, 0.1) is 10.6 Å². The number of amides is 1. The summed E-state index contributed by atoms with van der Waals surface area (Å²) in [6, 6.07) is 5.57.